The van der Waals surface area contributed by atoms with Gasteiger partial charge in [0.05, 0.1) is 11.0 Å². The monoisotopic (exact) mass is 370 g/mol. The molecule has 1 amide bonds. The van der Waals surface area contributed by atoms with E-state index in [1.807, 2.05) is 0 Å². The minimum absolute atomic E-state index is 0.0197. The van der Waals surface area contributed by atoms with Crippen LogP contribution in [0.1, 0.15) is 30.6 Å². The summed E-state index contributed by atoms with van der Waals surface area (Å²) in [7, 11) is -3.72. The summed E-state index contributed by atoms with van der Waals surface area (Å²) in [5, 5.41) is 18.9. The molecular formula is C16H22N2O6S. The fraction of sp³-hybridized carbons (Fsp3) is 0.500. The number of carboxylic acid groups (broad SMARTS) is 1. The van der Waals surface area contributed by atoms with Gasteiger partial charge in [0.15, 0.2) is 0 Å². The number of nitrogens with zero attached hydrogens (tertiary/aromatic N) is 2. The third-order valence-electron chi connectivity index (χ3n) is 4.25. The Morgan fingerprint density at radius 1 is 1.28 bits per heavy atom. The smallest absolute Gasteiger partial charge is 0.326 e. The molecule has 25 heavy (non-hydrogen) atoms. The van der Waals surface area contributed by atoms with E-state index in [1.54, 1.807) is 13.8 Å². The predicted molar refractivity (Wildman–Crippen MR) is 89.6 cm³/mol. The zero-order valence-electron chi connectivity index (χ0n) is 14.1. The van der Waals surface area contributed by atoms with Crippen molar-refractivity contribution in [1.82, 2.24) is 9.21 Å². The highest BCUT2D eigenvalue weighted by molar-refractivity contribution is 7.89. The van der Waals surface area contributed by atoms with E-state index < -0.39 is 34.0 Å². The summed E-state index contributed by atoms with van der Waals surface area (Å²) in [6, 6.07) is 4.42. The molecule has 0 saturated carbocycles. The number of aliphatic hydroxyl groups excluding tert-OH is 1. The van der Waals surface area contributed by atoms with Crippen molar-refractivity contribution in [2.75, 3.05) is 19.6 Å². The van der Waals surface area contributed by atoms with Crippen LogP contribution >= 0.6 is 0 Å². The van der Waals surface area contributed by atoms with Gasteiger partial charge in [0.25, 0.3) is 5.91 Å². The van der Waals surface area contributed by atoms with Crippen molar-refractivity contribution in [2.24, 2.45) is 0 Å². The second-order valence-corrected chi connectivity index (χ2v) is 7.76. The first-order valence-electron chi connectivity index (χ1n) is 8.04. The molecule has 2 N–H and O–H groups in total. The molecule has 0 unspecified atom stereocenters. The average Bonchev–Trinajstić information content (AvgIpc) is 2.97. The van der Waals surface area contributed by atoms with Crippen molar-refractivity contribution in [3.05, 3.63) is 29.8 Å². The molecule has 2 atom stereocenters. The maximum absolute atomic E-state index is 12.6. The number of benzene rings is 1. The quantitative estimate of drug-likeness (QED) is 0.748. The number of carboxylic acids is 1. The number of hydrogen-bond donors (Lipinski definition) is 2. The van der Waals surface area contributed by atoms with Crippen LogP contribution < -0.4 is 0 Å². The van der Waals surface area contributed by atoms with Crippen LogP contribution in [0.4, 0.5) is 0 Å². The van der Waals surface area contributed by atoms with E-state index in [2.05, 4.69) is 0 Å². The second-order valence-electron chi connectivity index (χ2n) is 5.82. The Hall–Kier alpha value is -1.97. The van der Waals surface area contributed by atoms with Crippen LogP contribution in [0.5, 0.6) is 0 Å². The molecule has 1 fully saturated rings. The van der Waals surface area contributed by atoms with Crippen molar-refractivity contribution < 1.29 is 28.2 Å². The van der Waals surface area contributed by atoms with Gasteiger partial charge in [0, 0.05) is 31.6 Å². The van der Waals surface area contributed by atoms with Gasteiger partial charge in [-0.05, 0) is 18.2 Å². The van der Waals surface area contributed by atoms with Crippen LogP contribution in [0, 0.1) is 0 Å². The lowest BCUT2D eigenvalue weighted by molar-refractivity contribution is -0.141. The number of hydrogen-bond acceptors (Lipinski definition) is 5. The molecule has 0 radical (unpaired) electrons. The topological polar surface area (TPSA) is 115 Å². The van der Waals surface area contributed by atoms with Crippen LogP contribution in [0.15, 0.2) is 29.2 Å². The molecular weight excluding hydrogens is 348 g/mol. The number of aliphatic hydroxyl groups is 1. The first-order valence-corrected chi connectivity index (χ1v) is 9.48. The van der Waals surface area contributed by atoms with E-state index in [0.717, 1.165) is 4.90 Å². The summed E-state index contributed by atoms with van der Waals surface area (Å²) < 4.78 is 26.4. The molecule has 1 aromatic carbocycles. The van der Waals surface area contributed by atoms with Crippen molar-refractivity contribution in [3.8, 4) is 0 Å². The molecule has 9 heteroatoms. The summed E-state index contributed by atoms with van der Waals surface area (Å²) >= 11 is 0. The SMILES string of the molecule is CCN(CC)S(=O)(=O)c1cccc(C(=O)N2C[C@@H](O)C[C@@H]2C(=O)O)c1. The van der Waals surface area contributed by atoms with Crippen LogP contribution in [-0.4, -0.2) is 71.5 Å². The Morgan fingerprint density at radius 2 is 1.92 bits per heavy atom. The summed E-state index contributed by atoms with van der Waals surface area (Å²) in [6.07, 6.45) is -0.953. The van der Waals surface area contributed by atoms with Crippen molar-refractivity contribution in [3.63, 3.8) is 0 Å². The Bertz CT molecular complexity index is 760. The first-order chi connectivity index (χ1) is 11.7. The van der Waals surface area contributed by atoms with E-state index >= 15 is 0 Å². The van der Waals surface area contributed by atoms with E-state index in [9.17, 15) is 28.2 Å². The Morgan fingerprint density at radius 3 is 2.48 bits per heavy atom. The zero-order valence-corrected chi connectivity index (χ0v) is 14.9. The van der Waals surface area contributed by atoms with E-state index in [0.29, 0.717) is 13.1 Å². The number of β-amino-alcohol motifs (C(OH)–C–C–N with tert-alkyl or cyclic N) is 1. The minimum Gasteiger partial charge on any atom is -0.480 e. The lowest BCUT2D eigenvalue weighted by Crippen LogP contribution is -2.40. The fourth-order valence-corrected chi connectivity index (χ4v) is 4.44. The molecule has 138 valence electrons. The Kier molecular flexibility index (Phi) is 5.81. The molecule has 1 heterocycles. The van der Waals surface area contributed by atoms with Crippen molar-refractivity contribution in [1.29, 1.82) is 0 Å². The summed E-state index contributed by atoms with van der Waals surface area (Å²) in [4.78, 5) is 25.0. The number of aliphatic carboxylic acids is 1. The predicted octanol–water partition coefficient (Wildman–Crippen LogP) is 0.377. The van der Waals surface area contributed by atoms with Gasteiger partial charge in [-0.2, -0.15) is 4.31 Å². The van der Waals surface area contributed by atoms with Gasteiger partial charge in [-0.1, -0.05) is 19.9 Å². The lowest BCUT2D eigenvalue weighted by atomic mass is 10.1. The maximum atomic E-state index is 12.6. The average molecular weight is 370 g/mol. The highest BCUT2D eigenvalue weighted by Crippen LogP contribution is 2.23. The second kappa shape index (κ2) is 7.51. The number of likely N-dealkylation sites (tertiary alicyclic amines) is 1. The van der Waals surface area contributed by atoms with Gasteiger partial charge >= 0.3 is 5.97 Å². The number of sulfonamides is 1. The molecule has 1 aliphatic heterocycles. The largest absolute Gasteiger partial charge is 0.480 e. The van der Waals surface area contributed by atoms with Gasteiger partial charge in [0.2, 0.25) is 10.0 Å². The van der Waals surface area contributed by atoms with E-state index in [1.165, 1.54) is 28.6 Å². The van der Waals surface area contributed by atoms with Gasteiger partial charge in [-0.3, -0.25) is 4.79 Å². The third-order valence-corrected chi connectivity index (χ3v) is 6.29. The molecule has 0 aromatic heterocycles. The number of amides is 1. The molecule has 8 nitrogen and oxygen atoms in total. The molecule has 1 saturated heterocycles. The molecule has 1 aromatic rings. The number of carbonyl (C=O) groups excluding carboxylic acids is 1. The van der Waals surface area contributed by atoms with Crippen LogP contribution in [0.3, 0.4) is 0 Å². The Balaban J connectivity index is 2.35. The summed E-state index contributed by atoms with van der Waals surface area (Å²) in [6.45, 7) is 3.95. The normalized spacial score (nSPS) is 20.9. The van der Waals surface area contributed by atoms with Crippen LogP contribution in [0.25, 0.3) is 0 Å². The van der Waals surface area contributed by atoms with Crippen LogP contribution in [0.2, 0.25) is 0 Å². The molecule has 0 bridgehead atoms. The molecule has 2 rings (SSSR count). The van der Waals surface area contributed by atoms with E-state index in [4.69, 9.17) is 0 Å². The first kappa shape index (κ1) is 19.4. The van der Waals surface area contributed by atoms with Gasteiger partial charge in [0.1, 0.15) is 6.04 Å². The summed E-state index contributed by atoms with van der Waals surface area (Å²) in [5.74, 6) is -1.81. The lowest BCUT2D eigenvalue weighted by Gasteiger charge is -2.22. The molecule has 0 aliphatic carbocycles. The minimum atomic E-state index is -3.72. The zero-order chi connectivity index (χ0) is 18.8. The third kappa shape index (κ3) is 3.83. The Labute approximate surface area is 146 Å². The maximum Gasteiger partial charge on any atom is 0.326 e. The van der Waals surface area contributed by atoms with Gasteiger partial charge in [-0.15, -0.1) is 0 Å². The molecule has 0 spiro atoms. The van der Waals surface area contributed by atoms with Crippen LogP contribution in [-0.2, 0) is 14.8 Å². The van der Waals surface area contributed by atoms with Gasteiger partial charge < -0.3 is 15.1 Å². The number of rotatable bonds is 6. The number of carbonyl (C=O) groups is 2. The fourth-order valence-electron chi connectivity index (χ4n) is 2.94. The van der Waals surface area contributed by atoms with Crippen molar-refractivity contribution >= 4 is 21.9 Å². The summed E-state index contributed by atoms with van der Waals surface area (Å²) in [5.41, 5.74) is 0.0774. The van der Waals surface area contributed by atoms with Gasteiger partial charge in [-0.25, -0.2) is 13.2 Å². The standard InChI is InChI=1S/C16H22N2O6S/c1-3-17(4-2)25(23,24)13-7-5-6-11(8-13)15(20)18-10-12(19)9-14(18)16(21)22/h5-8,12,14,19H,3-4,9-10H2,1-2H3,(H,21,22)/t12-,14+/m0/s1. The van der Waals surface area contributed by atoms with Crippen molar-refractivity contribution in [2.45, 2.75) is 37.3 Å². The molecule has 1 aliphatic rings. The highest BCUT2D eigenvalue weighted by Gasteiger charge is 2.39. The highest BCUT2D eigenvalue weighted by atomic mass is 32.2. The van der Waals surface area contributed by atoms with E-state index in [-0.39, 0.29) is 23.4 Å².